The molecule has 0 fully saturated rings. The van der Waals surface area contributed by atoms with Crippen molar-refractivity contribution in [2.45, 2.75) is 40.4 Å². The molecule has 3 aromatic heterocycles. The van der Waals surface area contributed by atoms with E-state index in [1.165, 1.54) is 32.6 Å². The van der Waals surface area contributed by atoms with Gasteiger partial charge in [0.1, 0.15) is 5.58 Å². The van der Waals surface area contributed by atoms with Crippen molar-refractivity contribution in [1.29, 1.82) is 0 Å². The van der Waals surface area contributed by atoms with Gasteiger partial charge in [0.15, 0.2) is 0 Å². The summed E-state index contributed by atoms with van der Waals surface area (Å²) in [7, 11) is -1.53. The maximum Gasteiger partial charge on any atom is 0.120 e. The maximum absolute atomic E-state index is 6.26. The molecule has 0 aliphatic rings. The first-order valence-corrected chi connectivity index (χ1v) is 16.4. The minimum absolute atomic E-state index is 0. The van der Waals surface area contributed by atoms with Crippen LogP contribution in [0.3, 0.4) is 0 Å². The van der Waals surface area contributed by atoms with E-state index in [0.29, 0.717) is 0 Å². The number of pyridine rings is 2. The monoisotopic (exact) mass is 705 g/mol. The SMILES string of the molecule is Cc1ccnc(-c2[c-]cc([Si](C)(C)C)c3c2oc2ccccc23)c1.Cc1cnc(-c2[c-]cccc2)cc1C.[Ir]. The molecule has 0 saturated heterocycles. The Hall–Kier alpha value is -3.37. The third-order valence-corrected chi connectivity index (χ3v) is 8.80. The second-order valence-electron chi connectivity index (χ2n) is 10.8. The summed E-state index contributed by atoms with van der Waals surface area (Å²) in [5, 5.41) is 3.81. The van der Waals surface area contributed by atoms with Crippen LogP contribution in [0.5, 0.6) is 0 Å². The molecular weight excluding hydrogens is 673 g/mol. The normalized spacial score (nSPS) is 11.1. The Kier molecular flexibility index (Phi) is 8.66. The van der Waals surface area contributed by atoms with Gasteiger partial charge >= 0.3 is 0 Å². The largest absolute Gasteiger partial charge is 0.501 e. The Balaban J connectivity index is 0.000000202. The Morgan fingerprint density at radius 1 is 0.795 bits per heavy atom. The standard InChI is InChI=1S/C21H20NOSi.C13H12N.Ir/c1-14-11-12-22-17(13-14)15-9-10-19(24(2,3)4)20-16-7-5-6-8-18(16)23-21(15)20;1-10-8-13(14-9-11(10)2)12-6-4-3-5-7-12;/h5-8,10-13H,1-4H3;3-6,8-9H,1-2H3;/q2*-1;. The molecule has 0 N–H and O–H groups in total. The van der Waals surface area contributed by atoms with Gasteiger partial charge in [-0.15, -0.1) is 53.2 Å². The van der Waals surface area contributed by atoms with Crippen LogP contribution < -0.4 is 5.19 Å². The molecule has 6 rings (SSSR count). The molecule has 0 aliphatic heterocycles. The van der Waals surface area contributed by atoms with E-state index in [-0.39, 0.29) is 20.1 Å². The van der Waals surface area contributed by atoms with E-state index in [1.807, 2.05) is 54.9 Å². The van der Waals surface area contributed by atoms with Crippen LogP contribution in [0.15, 0.2) is 89.6 Å². The summed E-state index contributed by atoms with van der Waals surface area (Å²) in [6.07, 6.45) is 3.75. The first-order chi connectivity index (χ1) is 18.2. The summed E-state index contributed by atoms with van der Waals surface area (Å²) in [5.74, 6) is 0. The van der Waals surface area contributed by atoms with Crippen molar-refractivity contribution < 1.29 is 24.5 Å². The van der Waals surface area contributed by atoms with E-state index in [0.717, 1.165) is 33.7 Å². The van der Waals surface area contributed by atoms with Crippen LogP contribution in [0, 0.1) is 32.9 Å². The van der Waals surface area contributed by atoms with E-state index < -0.39 is 8.07 Å². The fourth-order valence-electron chi connectivity index (χ4n) is 4.55. The van der Waals surface area contributed by atoms with Crippen molar-refractivity contribution in [3.63, 3.8) is 0 Å². The third-order valence-electron chi connectivity index (χ3n) is 6.79. The van der Waals surface area contributed by atoms with E-state index in [4.69, 9.17) is 4.42 Å². The molecular formula is C34H32IrN2OSi-2. The van der Waals surface area contributed by atoms with Gasteiger partial charge in [-0.1, -0.05) is 72.0 Å². The van der Waals surface area contributed by atoms with Gasteiger partial charge in [0.2, 0.25) is 0 Å². The number of hydrogen-bond donors (Lipinski definition) is 0. The van der Waals surface area contributed by atoms with Gasteiger partial charge in [-0.3, -0.25) is 0 Å². The molecule has 3 aromatic carbocycles. The molecule has 39 heavy (non-hydrogen) atoms. The van der Waals surface area contributed by atoms with E-state index in [9.17, 15) is 0 Å². The van der Waals surface area contributed by atoms with Gasteiger partial charge in [0.25, 0.3) is 0 Å². The Morgan fingerprint density at radius 3 is 2.26 bits per heavy atom. The van der Waals surface area contributed by atoms with Crippen LogP contribution in [0.1, 0.15) is 16.7 Å². The van der Waals surface area contributed by atoms with Crippen LogP contribution >= 0.6 is 0 Å². The number of benzene rings is 3. The second kappa shape index (κ2) is 11.8. The number of aromatic nitrogens is 2. The summed E-state index contributed by atoms with van der Waals surface area (Å²) in [6, 6.07) is 31.2. The zero-order valence-corrected chi connectivity index (χ0v) is 26.6. The minimum Gasteiger partial charge on any atom is -0.501 e. The van der Waals surface area contributed by atoms with Crippen molar-refractivity contribution in [2.24, 2.45) is 0 Å². The predicted octanol–water partition coefficient (Wildman–Crippen LogP) is 8.46. The Labute approximate surface area is 245 Å². The first-order valence-electron chi connectivity index (χ1n) is 12.9. The van der Waals surface area contributed by atoms with Crippen molar-refractivity contribution in [2.75, 3.05) is 0 Å². The fourth-order valence-corrected chi connectivity index (χ4v) is 6.05. The van der Waals surface area contributed by atoms with Gasteiger partial charge in [-0.05, 0) is 49.9 Å². The van der Waals surface area contributed by atoms with Crippen LogP contribution in [0.4, 0.5) is 0 Å². The molecule has 3 heterocycles. The Morgan fingerprint density at radius 2 is 1.56 bits per heavy atom. The average Bonchev–Trinajstić information content (AvgIpc) is 3.30. The Bertz CT molecular complexity index is 1740. The maximum atomic E-state index is 6.26. The zero-order valence-electron chi connectivity index (χ0n) is 23.2. The second-order valence-corrected chi connectivity index (χ2v) is 15.8. The first kappa shape index (κ1) is 28.6. The van der Waals surface area contributed by atoms with E-state index in [2.05, 4.69) is 92.8 Å². The predicted molar refractivity (Wildman–Crippen MR) is 161 cm³/mol. The van der Waals surface area contributed by atoms with Gasteiger partial charge < -0.3 is 14.4 Å². The van der Waals surface area contributed by atoms with Gasteiger partial charge in [-0.25, -0.2) is 0 Å². The van der Waals surface area contributed by atoms with Gasteiger partial charge in [-0.2, -0.15) is 0 Å². The van der Waals surface area contributed by atoms with E-state index in [1.54, 1.807) is 0 Å². The molecule has 6 aromatic rings. The molecule has 0 atom stereocenters. The van der Waals surface area contributed by atoms with Crippen molar-refractivity contribution >= 4 is 35.2 Å². The minimum atomic E-state index is -1.53. The number of fused-ring (bicyclic) bond motifs is 3. The van der Waals surface area contributed by atoms with E-state index >= 15 is 0 Å². The van der Waals surface area contributed by atoms with Crippen LogP contribution in [0.25, 0.3) is 44.5 Å². The average molecular weight is 705 g/mol. The molecule has 3 nitrogen and oxygen atoms in total. The molecule has 0 bridgehead atoms. The number of hydrogen-bond acceptors (Lipinski definition) is 3. The van der Waals surface area contributed by atoms with Gasteiger partial charge in [0, 0.05) is 46.0 Å². The van der Waals surface area contributed by atoms with Crippen LogP contribution in [-0.2, 0) is 20.1 Å². The molecule has 0 saturated carbocycles. The summed E-state index contributed by atoms with van der Waals surface area (Å²) in [6.45, 7) is 13.3. The number of aryl methyl sites for hydroxylation is 3. The summed E-state index contributed by atoms with van der Waals surface area (Å²) in [5.41, 5.74) is 9.44. The topological polar surface area (TPSA) is 38.9 Å². The molecule has 0 unspecified atom stereocenters. The smallest absolute Gasteiger partial charge is 0.120 e. The van der Waals surface area contributed by atoms with Crippen LogP contribution in [0.2, 0.25) is 19.6 Å². The van der Waals surface area contributed by atoms with Gasteiger partial charge in [0.05, 0.1) is 5.58 Å². The number of furan rings is 1. The third kappa shape index (κ3) is 6.12. The molecule has 5 heteroatoms. The number of nitrogens with zero attached hydrogens (tertiary/aromatic N) is 2. The molecule has 0 spiro atoms. The van der Waals surface area contributed by atoms with Crippen molar-refractivity contribution in [3.8, 4) is 22.5 Å². The number of para-hydroxylation sites is 1. The number of rotatable bonds is 3. The quantitative estimate of drug-likeness (QED) is 0.137. The summed E-state index contributed by atoms with van der Waals surface area (Å²) >= 11 is 0. The molecule has 0 aliphatic carbocycles. The molecule has 199 valence electrons. The molecule has 0 amide bonds. The fraction of sp³-hybridized carbons (Fsp3) is 0.176. The zero-order chi connectivity index (χ0) is 26.9. The van der Waals surface area contributed by atoms with Crippen molar-refractivity contribution in [1.82, 2.24) is 9.97 Å². The summed E-state index contributed by atoms with van der Waals surface area (Å²) < 4.78 is 6.26. The molecule has 1 radical (unpaired) electrons. The van der Waals surface area contributed by atoms with Crippen molar-refractivity contribution in [3.05, 3.63) is 114 Å². The van der Waals surface area contributed by atoms with Crippen LogP contribution in [-0.4, -0.2) is 18.0 Å². The summed E-state index contributed by atoms with van der Waals surface area (Å²) in [4.78, 5) is 8.92.